The summed E-state index contributed by atoms with van der Waals surface area (Å²) in [5, 5.41) is 0. The fourth-order valence-electron chi connectivity index (χ4n) is 2.85. The highest BCUT2D eigenvalue weighted by atomic mass is 15.1. The zero-order chi connectivity index (χ0) is 11.9. The van der Waals surface area contributed by atoms with E-state index in [0.717, 1.165) is 19.0 Å². The van der Waals surface area contributed by atoms with Crippen molar-refractivity contribution in [2.24, 2.45) is 5.73 Å². The molecule has 0 spiro atoms. The van der Waals surface area contributed by atoms with Crippen LogP contribution in [0.4, 0.5) is 0 Å². The van der Waals surface area contributed by atoms with Gasteiger partial charge in [0.25, 0.3) is 0 Å². The van der Waals surface area contributed by atoms with Gasteiger partial charge in [0.05, 0.1) is 0 Å². The lowest BCUT2D eigenvalue weighted by Gasteiger charge is -2.24. The van der Waals surface area contributed by atoms with E-state index in [9.17, 15) is 0 Å². The maximum Gasteiger partial charge on any atom is 0.0337 e. The number of nitrogens with zero attached hydrogens (tertiary/aromatic N) is 1. The molecule has 16 heavy (non-hydrogen) atoms. The van der Waals surface area contributed by atoms with Gasteiger partial charge >= 0.3 is 0 Å². The van der Waals surface area contributed by atoms with Gasteiger partial charge in [0.1, 0.15) is 0 Å². The summed E-state index contributed by atoms with van der Waals surface area (Å²) in [4.78, 5) is 0. The minimum absolute atomic E-state index is 0.212. The van der Waals surface area contributed by atoms with E-state index in [4.69, 9.17) is 5.73 Å². The van der Waals surface area contributed by atoms with Crippen molar-refractivity contribution >= 4 is 0 Å². The van der Waals surface area contributed by atoms with Crippen LogP contribution in [0.25, 0.3) is 0 Å². The minimum atomic E-state index is 0.212. The van der Waals surface area contributed by atoms with Gasteiger partial charge in [-0.25, -0.2) is 0 Å². The van der Waals surface area contributed by atoms with Crippen molar-refractivity contribution in [3.63, 3.8) is 0 Å². The predicted octanol–water partition coefficient (Wildman–Crippen LogP) is 3.07. The molecule has 2 N–H and O–H groups in total. The molecule has 2 rings (SSSR count). The first kappa shape index (κ1) is 11.7. The maximum absolute atomic E-state index is 5.71. The molecule has 0 atom stereocenters. The van der Waals surface area contributed by atoms with Gasteiger partial charge in [-0.05, 0) is 56.7 Å². The molecule has 2 heteroatoms. The molecule has 0 radical (unpaired) electrons. The second kappa shape index (κ2) is 3.92. The molecule has 1 aliphatic rings. The van der Waals surface area contributed by atoms with Crippen LogP contribution in [-0.4, -0.2) is 11.1 Å². The van der Waals surface area contributed by atoms with Crippen LogP contribution in [-0.2, 0) is 5.41 Å². The van der Waals surface area contributed by atoms with Crippen LogP contribution in [0.3, 0.4) is 0 Å². The highest BCUT2D eigenvalue weighted by molar-refractivity contribution is 5.34. The summed E-state index contributed by atoms with van der Waals surface area (Å²) in [6.45, 7) is 9.87. The normalized spacial score (nSPS) is 16.8. The van der Waals surface area contributed by atoms with Crippen molar-refractivity contribution in [1.82, 2.24) is 4.57 Å². The monoisotopic (exact) mass is 220 g/mol. The molecule has 1 aromatic heterocycles. The van der Waals surface area contributed by atoms with Gasteiger partial charge in [-0.3, -0.25) is 0 Å². The smallest absolute Gasteiger partial charge is 0.0337 e. The molecular weight excluding hydrogens is 196 g/mol. The van der Waals surface area contributed by atoms with E-state index in [2.05, 4.69) is 38.3 Å². The third-order valence-corrected chi connectivity index (χ3v) is 3.89. The molecule has 0 saturated heterocycles. The number of aromatic nitrogens is 1. The molecule has 90 valence electrons. The van der Waals surface area contributed by atoms with Crippen LogP contribution in [0, 0.1) is 13.8 Å². The van der Waals surface area contributed by atoms with Crippen molar-refractivity contribution in [2.45, 2.75) is 58.4 Å². The Bertz CT molecular complexity index is 384. The van der Waals surface area contributed by atoms with Crippen molar-refractivity contribution < 1.29 is 0 Å². The average molecular weight is 220 g/mol. The highest BCUT2D eigenvalue weighted by Crippen LogP contribution is 2.41. The van der Waals surface area contributed by atoms with Gasteiger partial charge in [0.2, 0.25) is 0 Å². The van der Waals surface area contributed by atoms with E-state index in [1.807, 2.05) is 0 Å². The molecule has 1 saturated carbocycles. The molecular formula is C14H24N2. The van der Waals surface area contributed by atoms with Crippen molar-refractivity contribution in [3.05, 3.63) is 23.0 Å². The number of aryl methyl sites for hydroxylation is 1. The Balaban J connectivity index is 2.38. The number of hydrogen-bond acceptors (Lipinski definition) is 1. The number of nitrogens with two attached hydrogens (primary N) is 1. The van der Waals surface area contributed by atoms with Gasteiger partial charge in [-0.2, -0.15) is 0 Å². The largest absolute Gasteiger partial charge is 0.346 e. The third kappa shape index (κ3) is 1.91. The minimum Gasteiger partial charge on any atom is -0.346 e. The van der Waals surface area contributed by atoms with Gasteiger partial charge in [-0.1, -0.05) is 13.8 Å². The summed E-state index contributed by atoms with van der Waals surface area (Å²) in [6.07, 6.45) is 3.77. The summed E-state index contributed by atoms with van der Waals surface area (Å²) in [6, 6.07) is 3.14. The number of hydrogen-bond donors (Lipinski definition) is 1. The molecule has 1 heterocycles. The van der Waals surface area contributed by atoms with Gasteiger partial charge in [0.15, 0.2) is 0 Å². The van der Waals surface area contributed by atoms with Crippen molar-refractivity contribution in [1.29, 1.82) is 0 Å². The summed E-state index contributed by atoms with van der Waals surface area (Å²) >= 11 is 0. The zero-order valence-electron chi connectivity index (χ0n) is 11.0. The van der Waals surface area contributed by atoms with Crippen LogP contribution >= 0.6 is 0 Å². The second-order valence-electron chi connectivity index (χ2n) is 5.81. The first-order chi connectivity index (χ1) is 7.47. The van der Waals surface area contributed by atoms with E-state index in [0.29, 0.717) is 0 Å². The third-order valence-electron chi connectivity index (χ3n) is 3.89. The lowest BCUT2D eigenvalue weighted by atomic mass is 9.81. The molecule has 0 bridgehead atoms. The fraction of sp³-hybridized carbons (Fsp3) is 0.714. The molecule has 0 amide bonds. The Labute approximate surface area is 98.8 Å². The second-order valence-corrected chi connectivity index (χ2v) is 5.81. The molecule has 0 aromatic carbocycles. The van der Waals surface area contributed by atoms with Gasteiger partial charge in [-0.15, -0.1) is 0 Å². The Morgan fingerprint density at radius 2 is 2.00 bits per heavy atom. The molecule has 0 aliphatic heterocycles. The number of rotatable bonds is 4. The average Bonchev–Trinajstić information content (AvgIpc) is 2.94. The van der Waals surface area contributed by atoms with Gasteiger partial charge in [0, 0.05) is 17.4 Å². The zero-order valence-corrected chi connectivity index (χ0v) is 11.0. The van der Waals surface area contributed by atoms with Crippen LogP contribution in [0.1, 0.15) is 56.1 Å². The summed E-state index contributed by atoms with van der Waals surface area (Å²) in [5.74, 6) is 0. The first-order valence-corrected chi connectivity index (χ1v) is 6.36. The maximum atomic E-state index is 5.71. The molecule has 2 nitrogen and oxygen atoms in total. The van der Waals surface area contributed by atoms with Crippen molar-refractivity contribution in [2.75, 3.05) is 6.54 Å². The lowest BCUT2D eigenvalue weighted by Crippen LogP contribution is -2.22. The first-order valence-electron chi connectivity index (χ1n) is 6.36. The fourth-order valence-corrected chi connectivity index (χ4v) is 2.85. The summed E-state index contributed by atoms with van der Waals surface area (Å²) in [7, 11) is 0. The predicted molar refractivity (Wildman–Crippen MR) is 68.9 cm³/mol. The summed E-state index contributed by atoms with van der Waals surface area (Å²) < 4.78 is 2.52. The van der Waals surface area contributed by atoms with Crippen LogP contribution in [0.2, 0.25) is 0 Å². The van der Waals surface area contributed by atoms with Crippen LogP contribution < -0.4 is 5.73 Å². The van der Waals surface area contributed by atoms with E-state index >= 15 is 0 Å². The summed E-state index contributed by atoms with van der Waals surface area (Å²) in [5.41, 5.74) is 10.3. The SMILES string of the molecule is Cc1cc(C(C)(C)CCN)c(C)n1C1CC1. The van der Waals surface area contributed by atoms with E-state index in [1.54, 1.807) is 0 Å². The Kier molecular flexibility index (Phi) is 2.87. The molecule has 1 fully saturated rings. The highest BCUT2D eigenvalue weighted by Gasteiger charge is 2.30. The standard InChI is InChI=1S/C14H24N2/c1-10-9-13(14(3,4)7-8-15)11(2)16(10)12-5-6-12/h9,12H,5-8,15H2,1-4H3. The molecule has 0 unspecified atom stereocenters. The Morgan fingerprint density at radius 1 is 1.38 bits per heavy atom. The lowest BCUT2D eigenvalue weighted by molar-refractivity contribution is 0.482. The van der Waals surface area contributed by atoms with E-state index in [1.165, 1.54) is 29.8 Å². The van der Waals surface area contributed by atoms with Crippen LogP contribution in [0.15, 0.2) is 6.07 Å². The Morgan fingerprint density at radius 3 is 2.50 bits per heavy atom. The van der Waals surface area contributed by atoms with Crippen molar-refractivity contribution in [3.8, 4) is 0 Å². The Hall–Kier alpha value is -0.760. The van der Waals surface area contributed by atoms with Crippen LogP contribution in [0.5, 0.6) is 0 Å². The van der Waals surface area contributed by atoms with E-state index in [-0.39, 0.29) is 5.41 Å². The molecule has 1 aliphatic carbocycles. The van der Waals surface area contributed by atoms with E-state index < -0.39 is 0 Å². The van der Waals surface area contributed by atoms with Gasteiger partial charge < -0.3 is 10.3 Å². The topological polar surface area (TPSA) is 30.9 Å². The molecule has 1 aromatic rings. The quantitative estimate of drug-likeness (QED) is 0.830.